The van der Waals surface area contributed by atoms with Gasteiger partial charge in [0.1, 0.15) is 16.9 Å². The number of aromatic nitrogens is 4. The van der Waals surface area contributed by atoms with Crippen LogP contribution in [-0.2, 0) is 27.4 Å². The molecule has 0 aliphatic carbocycles. The van der Waals surface area contributed by atoms with Gasteiger partial charge in [-0.25, -0.2) is 14.8 Å². The standard InChI is InChI=1S/C43H47ClN8O6/c1-25-30(26-16-17-52-36(18-26)47-20-27(41(52)55)19-45-21-28-12-14-37(53)48-28)8-6-9-31(25)32-10-7-11-33(39(32)44)34-22-46-35(40(50-34)57-5)24-51(42(56)58-43(2,3)4)23-29-13-15-38(54)49-29/h6-11,16-18,20,22,28-29,45H,12-15,19,21,23-24H2,1-5H3,(H,48,53)(H,49,54)/t28-,29-/m0/s1. The Labute approximate surface area is 341 Å². The molecule has 0 spiro atoms. The van der Waals surface area contributed by atoms with E-state index in [1.54, 1.807) is 43.8 Å². The largest absolute Gasteiger partial charge is 0.480 e. The molecule has 7 rings (SSSR count). The number of pyridine rings is 1. The monoisotopic (exact) mass is 806 g/mol. The van der Waals surface area contributed by atoms with E-state index in [-0.39, 0.29) is 48.4 Å². The van der Waals surface area contributed by atoms with E-state index < -0.39 is 11.7 Å². The van der Waals surface area contributed by atoms with Crippen LogP contribution in [0.15, 0.2) is 71.9 Å². The number of fused-ring (bicyclic) bond motifs is 1. The number of carbonyl (C=O) groups excluding carboxylic acids is 3. The van der Waals surface area contributed by atoms with E-state index >= 15 is 0 Å². The maximum atomic E-state index is 13.3. The Kier molecular flexibility index (Phi) is 11.8. The maximum Gasteiger partial charge on any atom is 0.410 e. The van der Waals surface area contributed by atoms with Crippen molar-refractivity contribution in [2.24, 2.45) is 0 Å². The van der Waals surface area contributed by atoms with Crippen LogP contribution in [-0.4, -0.2) is 80.0 Å². The molecule has 2 aromatic carbocycles. The highest BCUT2D eigenvalue weighted by Gasteiger charge is 2.30. The minimum absolute atomic E-state index is 0.0476. The molecule has 58 heavy (non-hydrogen) atoms. The summed E-state index contributed by atoms with van der Waals surface area (Å²) in [5.74, 6) is 0.239. The number of amides is 3. The third-order valence-corrected chi connectivity index (χ3v) is 10.7. The highest BCUT2D eigenvalue weighted by molar-refractivity contribution is 6.36. The van der Waals surface area contributed by atoms with Gasteiger partial charge in [0.15, 0.2) is 0 Å². The topological polar surface area (TPSA) is 169 Å². The average Bonchev–Trinajstić information content (AvgIpc) is 3.81. The fourth-order valence-corrected chi connectivity index (χ4v) is 7.71. The number of carbonyl (C=O) groups is 3. The number of rotatable bonds is 12. The van der Waals surface area contributed by atoms with Gasteiger partial charge in [-0.1, -0.05) is 48.0 Å². The SMILES string of the molecule is COc1nc(-c2cccc(-c3cccc(-c4ccn5c(=O)c(CNC[C@@H]6CCC(=O)N6)cnc5c4)c3C)c2Cl)cnc1CN(C[C@@H]1CCC(=O)N1)C(=O)OC(C)(C)C. The van der Waals surface area contributed by atoms with Crippen LogP contribution in [0, 0.1) is 6.92 Å². The number of methoxy groups -OCH3 is 1. The van der Waals surface area contributed by atoms with E-state index in [0.717, 1.165) is 34.2 Å². The minimum Gasteiger partial charge on any atom is -0.480 e. The van der Waals surface area contributed by atoms with Crippen LogP contribution >= 0.6 is 11.6 Å². The van der Waals surface area contributed by atoms with Crippen molar-refractivity contribution < 1.29 is 23.9 Å². The fraction of sp³-hybridized carbons (Fsp3) is 0.372. The molecular weight excluding hydrogens is 760 g/mol. The molecule has 0 bridgehead atoms. The number of hydrogen-bond donors (Lipinski definition) is 3. The number of nitrogens with zero attached hydrogens (tertiary/aromatic N) is 5. The molecule has 5 aromatic rings. The third kappa shape index (κ3) is 8.98. The van der Waals surface area contributed by atoms with Crippen LogP contribution in [0.25, 0.3) is 39.2 Å². The number of hydrogen-bond acceptors (Lipinski definition) is 10. The van der Waals surface area contributed by atoms with Gasteiger partial charge < -0.3 is 30.3 Å². The Balaban J connectivity index is 1.12. The van der Waals surface area contributed by atoms with Crippen molar-refractivity contribution in [3.05, 3.63) is 99.3 Å². The molecule has 15 heteroatoms. The molecule has 2 fully saturated rings. The van der Waals surface area contributed by atoms with Gasteiger partial charge >= 0.3 is 6.09 Å². The second kappa shape index (κ2) is 16.9. The summed E-state index contributed by atoms with van der Waals surface area (Å²) < 4.78 is 12.9. The van der Waals surface area contributed by atoms with Crippen LogP contribution < -0.4 is 26.2 Å². The summed E-state index contributed by atoms with van der Waals surface area (Å²) in [6.45, 7) is 8.66. The zero-order chi connectivity index (χ0) is 41.1. The predicted molar refractivity (Wildman–Crippen MR) is 220 cm³/mol. The number of nitrogens with one attached hydrogen (secondary N) is 3. The van der Waals surface area contributed by atoms with Crippen LogP contribution in [0.2, 0.25) is 5.02 Å². The summed E-state index contributed by atoms with van der Waals surface area (Å²) in [5.41, 5.74) is 6.28. The normalized spacial score (nSPS) is 16.7. The van der Waals surface area contributed by atoms with Crippen molar-refractivity contribution in [3.63, 3.8) is 0 Å². The lowest BCUT2D eigenvalue weighted by Crippen LogP contribution is -2.44. The maximum absolute atomic E-state index is 13.3. The summed E-state index contributed by atoms with van der Waals surface area (Å²) in [6, 6.07) is 15.4. The molecule has 3 amide bonds. The van der Waals surface area contributed by atoms with E-state index in [2.05, 4.69) is 25.9 Å². The lowest BCUT2D eigenvalue weighted by molar-refractivity contribution is -0.120. The Bertz CT molecular complexity index is 2450. The molecule has 0 unspecified atom stereocenters. The summed E-state index contributed by atoms with van der Waals surface area (Å²) >= 11 is 7.18. The minimum atomic E-state index is -0.721. The van der Waals surface area contributed by atoms with Gasteiger partial charge in [-0.3, -0.25) is 23.8 Å². The Morgan fingerprint density at radius 2 is 1.64 bits per heavy atom. The Morgan fingerprint density at radius 1 is 0.948 bits per heavy atom. The Morgan fingerprint density at radius 3 is 2.33 bits per heavy atom. The van der Waals surface area contributed by atoms with Crippen LogP contribution in [0.1, 0.15) is 63.3 Å². The summed E-state index contributed by atoms with van der Waals surface area (Å²) in [5, 5.41) is 9.59. The van der Waals surface area contributed by atoms with Gasteiger partial charge in [-0.15, -0.1) is 0 Å². The molecule has 14 nitrogen and oxygen atoms in total. The molecule has 2 atom stereocenters. The van der Waals surface area contributed by atoms with Gasteiger partial charge in [-0.2, -0.15) is 0 Å². The second-order valence-electron chi connectivity index (χ2n) is 15.7. The van der Waals surface area contributed by atoms with Crippen molar-refractivity contribution in [2.45, 2.75) is 84.2 Å². The molecule has 5 heterocycles. The van der Waals surface area contributed by atoms with Crippen molar-refractivity contribution in [1.29, 1.82) is 0 Å². The summed E-state index contributed by atoms with van der Waals surface area (Å²) in [7, 11) is 1.49. The molecule has 2 aliphatic heterocycles. The first-order chi connectivity index (χ1) is 27.8. The van der Waals surface area contributed by atoms with Crippen molar-refractivity contribution in [1.82, 2.24) is 40.2 Å². The molecule has 0 saturated carbocycles. The van der Waals surface area contributed by atoms with Crippen LogP contribution in [0.5, 0.6) is 5.88 Å². The van der Waals surface area contributed by atoms with E-state index in [4.69, 9.17) is 26.1 Å². The van der Waals surface area contributed by atoms with E-state index in [1.807, 2.05) is 55.5 Å². The zero-order valence-electron chi connectivity index (χ0n) is 33.2. The van der Waals surface area contributed by atoms with E-state index in [1.165, 1.54) is 12.0 Å². The zero-order valence-corrected chi connectivity index (χ0v) is 34.0. The molecule has 3 aromatic heterocycles. The highest BCUT2D eigenvalue weighted by Crippen LogP contribution is 2.40. The first-order valence-corrected chi connectivity index (χ1v) is 19.7. The first-order valence-electron chi connectivity index (χ1n) is 19.3. The number of ether oxygens (including phenoxy) is 2. The molecule has 302 valence electrons. The second-order valence-corrected chi connectivity index (χ2v) is 16.1. The predicted octanol–water partition coefficient (Wildman–Crippen LogP) is 5.84. The number of halogens is 1. The van der Waals surface area contributed by atoms with Crippen molar-refractivity contribution in [2.75, 3.05) is 20.2 Å². The molecule has 2 saturated heterocycles. The van der Waals surface area contributed by atoms with Gasteiger partial charge in [0, 0.05) is 73.6 Å². The Hall–Kier alpha value is -5.86. The van der Waals surface area contributed by atoms with E-state index in [0.29, 0.717) is 65.5 Å². The fourth-order valence-electron chi connectivity index (χ4n) is 7.38. The smallest absolute Gasteiger partial charge is 0.410 e. The van der Waals surface area contributed by atoms with E-state index in [9.17, 15) is 19.2 Å². The van der Waals surface area contributed by atoms with Crippen LogP contribution in [0.3, 0.4) is 0 Å². The average molecular weight is 807 g/mol. The summed E-state index contributed by atoms with van der Waals surface area (Å²) in [6.07, 6.45) is 6.76. The molecule has 2 aliphatic rings. The van der Waals surface area contributed by atoms with Gasteiger partial charge in [-0.05, 0) is 74.9 Å². The third-order valence-electron chi connectivity index (χ3n) is 10.3. The lowest BCUT2D eigenvalue weighted by Gasteiger charge is -2.29. The first kappa shape index (κ1) is 40.3. The molecular formula is C43H47ClN8O6. The summed E-state index contributed by atoms with van der Waals surface area (Å²) in [4.78, 5) is 65.7. The van der Waals surface area contributed by atoms with Crippen LogP contribution in [0.4, 0.5) is 4.79 Å². The van der Waals surface area contributed by atoms with Gasteiger partial charge in [0.2, 0.25) is 17.7 Å². The lowest BCUT2D eigenvalue weighted by atomic mass is 9.92. The molecule has 0 radical (unpaired) electrons. The van der Waals surface area contributed by atoms with Crippen molar-refractivity contribution >= 4 is 35.2 Å². The molecule has 3 N–H and O–H groups in total. The van der Waals surface area contributed by atoms with Gasteiger partial charge in [0.25, 0.3) is 5.56 Å². The highest BCUT2D eigenvalue weighted by atomic mass is 35.5. The van der Waals surface area contributed by atoms with Gasteiger partial charge in [0.05, 0.1) is 30.6 Å². The number of benzene rings is 2. The van der Waals surface area contributed by atoms with Crippen molar-refractivity contribution in [3.8, 4) is 39.4 Å². The quantitative estimate of drug-likeness (QED) is 0.139.